The van der Waals surface area contributed by atoms with E-state index in [1.54, 1.807) is 12.3 Å². The fraction of sp³-hybridized carbons (Fsp3) is 0. The van der Waals surface area contributed by atoms with E-state index in [1.807, 2.05) is 47.2 Å². The van der Waals surface area contributed by atoms with Crippen LogP contribution in [-0.4, -0.2) is 9.55 Å². The summed E-state index contributed by atoms with van der Waals surface area (Å²) in [5.41, 5.74) is 0.592. The molecule has 3 heteroatoms. The number of fused-ring (bicyclic) bond motifs is 1. The van der Waals surface area contributed by atoms with Crippen molar-refractivity contribution < 1.29 is 0 Å². The van der Waals surface area contributed by atoms with Crippen LogP contribution in [0.5, 0.6) is 0 Å². The lowest BCUT2D eigenvalue weighted by molar-refractivity contribution is 1.00. The third-order valence-electron chi connectivity index (χ3n) is 2.74. The van der Waals surface area contributed by atoms with E-state index < -0.39 is 0 Å². The fourth-order valence-corrected chi connectivity index (χ4v) is 1.95. The lowest BCUT2D eigenvalue weighted by Crippen LogP contribution is -1.99. The van der Waals surface area contributed by atoms with Gasteiger partial charge in [0.05, 0.1) is 0 Å². The van der Waals surface area contributed by atoms with Crippen molar-refractivity contribution >= 4 is 10.8 Å². The summed E-state index contributed by atoms with van der Waals surface area (Å²) >= 11 is 0. The zero-order valence-electron chi connectivity index (χ0n) is 9.04. The van der Waals surface area contributed by atoms with E-state index in [4.69, 9.17) is 5.26 Å². The predicted octanol–water partition coefficient (Wildman–Crippen LogP) is 2.90. The molecule has 0 saturated carbocycles. The monoisotopic (exact) mass is 219 g/mol. The van der Waals surface area contributed by atoms with Gasteiger partial charge < -0.3 is 0 Å². The van der Waals surface area contributed by atoms with Crippen LogP contribution < -0.4 is 0 Å². The second kappa shape index (κ2) is 3.76. The summed E-state index contributed by atoms with van der Waals surface area (Å²) in [6.07, 6.45) is 3.62. The summed E-state index contributed by atoms with van der Waals surface area (Å²) in [5.74, 6) is 0.796. The zero-order valence-corrected chi connectivity index (χ0v) is 9.04. The van der Waals surface area contributed by atoms with Crippen LogP contribution in [0, 0.1) is 11.3 Å². The van der Waals surface area contributed by atoms with Crippen LogP contribution in [-0.2, 0) is 0 Å². The van der Waals surface area contributed by atoms with Crippen molar-refractivity contribution in [2.24, 2.45) is 0 Å². The van der Waals surface area contributed by atoms with Gasteiger partial charge >= 0.3 is 0 Å². The van der Waals surface area contributed by atoms with Gasteiger partial charge in [0, 0.05) is 17.8 Å². The molecular formula is C14H9N3. The van der Waals surface area contributed by atoms with Gasteiger partial charge in [0.25, 0.3) is 0 Å². The fourth-order valence-electron chi connectivity index (χ4n) is 1.95. The SMILES string of the molecule is N#Cc1cccn1-c1nccc2ccccc12. The average Bonchev–Trinajstić information content (AvgIpc) is 2.86. The highest BCUT2D eigenvalue weighted by Gasteiger charge is 2.07. The van der Waals surface area contributed by atoms with Crippen LogP contribution in [0.4, 0.5) is 0 Å². The van der Waals surface area contributed by atoms with E-state index >= 15 is 0 Å². The largest absolute Gasteiger partial charge is 0.292 e. The third-order valence-corrected chi connectivity index (χ3v) is 2.74. The summed E-state index contributed by atoms with van der Waals surface area (Å²) in [5, 5.41) is 11.2. The molecule has 0 unspecified atom stereocenters. The number of nitrogens with zero attached hydrogens (tertiary/aromatic N) is 3. The highest BCUT2D eigenvalue weighted by molar-refractivity contribution is 5.88. The number of pyridine rings is 1. The van der Waals surface area contributed by atoms with Crippen LogP contribution in [0.25, 0.3) is 16.6 Å². The van der Waals surface area contributed by atoms with E-state index in [0.29, 0.717) is 5.69 Å². The highest BCUT2D eigenvalue weighted by Crippen LogP contribution is 2.21. The van der Waals surface area contributed by atoms with Gasteiger partial charge in [-0.1, -0.05) is 24.3 Å². The molecule has 2 heterocycles. The Hall–Kier alpha value is -2.60. The Morgan fingerprint density at radius 2 is 1.94 bits per heavy atom. The molecule has 0 aliphatic carbocycles. The van der Waals surface area contributed by atoms with E-state index in [-0.39, 0.29) is 0 Å². The predicted molar refractivity (Wildman–Crippen MR) is 65.8 cm³/mol. The maximum Gasteiger partial charge on any atom is 0.145 e. The van der Waals surface area contributed by atoms with Gasteiger partial charge in [-0.15, -0.1) is 0 Å². The number of aromatic nitrogens is 2. The Bertz CT molecular complexity index is 714. The van der Waals surface area contributed by atoms with E-state index in [0.717, 1.165) is 16.6 Å². The number of nitriles is 1. The summed E-state index contributed by atoms with van der Waals surface area (Å²) in [4.78, 5) is 4.37. The van der Waals surface area contributed by atoms with E-state index in [1.165, 1.54) is 0 Å². The molecule has 0 N–H and O–H groups in total. The van der Waals surface area contributed by atoms with Gasteiger partial charge in [-0.2, -0.15) is 5.26 Å². The normalized spacial score (nSPS) is 10.3. The number of hydrogen-bond acceptors (Lipinski definition) is 2. The van der Waals surface area contributed by atoms with Crippen LogP contribution in [0.1, 0.15) is 5.69 Å². The van der Waals surface area contributed by atoms with Gasteiger partial charge in [0.1, 0.15) is 17.6 Å². The minimum atomic E-state index is 0.592. The lowest BCUT2D eigenvalue weighted by Gasteiger charge is -2.07. The zero-order chi connectivity index (χ0) is 11.7. The molecule has 0 aliphatic rings. The smallest absolute Gasteiger partial charge is 0.145 e. The molecule has 2 aromatic heterocycles. The van der Waals surface area contributed by atoms with Gasteiger partial charge in [-0.25, -0.2) is 4.98 Å². The highest BCUT2D eigenvalue weighted by atomic mass is 15.1. The molecule has 0 amide bonds. The molecule has 0 spiro atoms. The molecule has 0 radical (unpaired) electrons. The molecule has 3 rings (SSSR count). The number of benzene rings is 1. The Kier molecular flexibility index (Phi) is 2.13. The Morgan fingerprint density at radius 1 is 1.06 bits per heavy atom. The first-order valence-corrected chi connectivity index (χ1v) is 5.32. The van der Waals surface area contributed by atoms with Crippen molar-refractivity contribution in [3.8, 4) is 11.9 Å². The van der Waals surface area contributed by atoms with Gasteiger partial charge in [0.15, 0.2) is 0 Å². The lowest BCUT2D eigenvalue weighted by atomic mass is 10.1. The molecule has 0 bridgehead atoms. The van der Waals surface area contributed by atoms with E-state index in [9.17, 15) is 0 Å². The van der Waals surface area contributed by atoms with Crippen LogP contribution >= 0.6 is 0 Å². The van der Waals surface area contributed by atoms with Crippen molar-refractivity contribution in [2.75, 3.05) is 0 Å². The van der Waals surface area contributed by atoms with Crippen molar-refractivity contribution in [3.63, 3.8) is 0 Å². The summed E-state index contributed by atoms with van der Waals surface area (Å²) in [6.45, 7) is 0. The summed E-state index contributed by atoms with van der Waals surface area (Å²) in [7, 11) is 0. The van der Waals surface area contributed by atoms with Crippen molar-refractivity contribution in [1.29, 1.82) is 5.26 Å². The topological polar surface area (TPSA) is 41.6 Å². The second-order valence-electron chi connectivity index (χ2n) is 3.73. The number of rotatable bonds is 1. The molecule has 17 heavy (non-hydrogen) atoms. The van der Waals surface area contributed by atoms with Gasteiger partial charge in [0.2, 0.25) is 0 Å². The summed E-state index contributed by atoms with van der Waals surface area (Å²) < 4.78 is 1.81. The van der Waals surface area contributed by atoms with Crippen LogP contribution in [0.15, 0.2) is 54.9 Å². The summed E-state index contributed by atoms with van der Waals surface area (Å²) in [6, 6.07) is 15.8. The molecule has 3 nitrogen and oxygen atoms in total. The van der Waals surface area contributed by atoms with Crippen molar-refractivity contribution in [1.82, 2.24) is 9.55 Å². The van der Waals surface area contributed by atoms with Gasteiger partial charge in [-0.05, 0) is 23.6 Å². The molecule has 0 aliphatic heterocycles. The third kappa shape index (κ3) is 1.47. The maximum atomic E-state index is 9.04. The maximum absolute atomic E-state index is 9.04. The molecule has 0 saturated heterocycles. The Labute approximate surface area is 98.6 Å². The number of hydrogen-bond donors (Lipinski definition) is 0. The first-order chi connectivity index (χ1) is 8.40. The minimum absolute atomic E-state index is 0.592. The molecular weight excluding hydrogens is 210 g/mol. The Balaban J connectivity index is 2.35. The van der Waals surface area contributed by atoms with E-state index in [2.05, 4.69) is 11.1 Å². The first kappa shape index (κ1) is 9.61. The molecule has 3 aromatic rings. The second-order valence-corrected chi connectivity index (χ2v) is 3.73. The van der Waals surface area contributed by atoms with Crippen molar-refractivity contribution in [2.45, 2.75) is 0 Å². The minimum Gasteiger partial charge on any atom is -0.292 e. The standard InChI is InChI=1S/C14H9N3/c15-10-12-5-3-9-17(12)14-13-6-2-1-4-11(13)7-8-16-14/h1-9H. The molecule has 0 atom stereocenters. The first-order valence-electron chi connectivity index (χ1n) is 5.32. The van der Waals surface area contributed by atoms with Crippen LogP contribution in [0.2, 0.25) is 0 Å². The van der Waals surface area contributed by atoms with Crippen LogP contribution in [0.3, 0.4) is 0 Å². The quantitative estimate of drug-likeness (QED) is 0.631. The molecule has 1 aromatic carbocycles. The molecule has 0 fully saturated rings. The molecule has 80 valence electrons. The van der Waals surface area contributed by atoms with Crippen molar-refractivity contribution in [3.05, 3.63) is 60.6 Å². The van der Waals surface area contributed by atoms with Gasteiger partial charge in [-0.3, -0.25) is 4.57 Å². The Morgan fingerprint density at radius 3 is 2.82 bits per heavy atom. The average molecular weight is 219 g/mol.